The molecule has 0 aliphatic rings. The highest BCUT2D eigenvalue weighted by Gasteiger charge is 2.33. The van der Waals surface area contributed by atoms with Crippen LogP contribution in [-0.2, 0) is 33.6 Å². The summed E-state index contributed by atoms with van der Waals surface area (Å²) in [7, 11) is 0. The summed E-state index contributed by atoms with van der Waals surface area (Å²) in [6.45, 7) is 14.6. The zero-order valence-electron chi connectivity index (χ0n) is 32.7. The van der Waals surface area contributed by atoms with Crippen LogP contribution in [0.2, 0.25) is 0 Å². The first-order valence-corrected chi connectivity index (χ1v) is 18.6. The lowest BCUT2D eigenvalue weighted by Crippen LogP contribution is -2.58. The van der Waals surface area contributed by atoms with Gasteiger partial charge in [-0.25, -0.2) is 4.79 Å². The topological polar surface area (TPSA) is 146 Å². The quantitative estimate of drug-likeness (QED) is 0.103. The summed E-state index contributed by atoms with van der Waals surface area (Å²) in [5.74, 6) is -1.65. The second kappa shape index (κ2) is 18.2. The first kappa shape index (κ1) is 41.5. The number of ether oxygens (including phenoxy) is 1. The standard InChI is InChI=1S/C44H56N4O6/c1-28(2)38(47-40(51)36(46-42(53)54-44(6,7)8)26-31-22-16-21-30-19-12-14-23-33(30)31)41(52)45-35(25-29-17-10-9-11-18-29)37(49)27-32-20-13-15-24-34(32)39(50)48-43(3,4)5/h9-24,28,35-38,49H,25-27H2,1-8H3,(H,45,52)(H,46,53)(H,47,51)(H,48,50)/t35-,36-,37+,38-/m0/s1. The molecule has 4 rings (SSSR count). The van der Waals surface area contributed by atoms with Crippen LogP contribution in [0.25, 0.3) is 10.8 Å². The van der Waals surface area contributed by atoms with E-state index in [1.54, 1.807) is 39.0 Å². The number of hydrogen-bond donors (Lipinski definition) is 5. The van der Waals surface area contributed by atoms with Crippen LogP contribution in [0.5, 0.6) is 0 Å². The van der Waals surface area contributed by atoms with Gasteiger partial charge in [0.15, 0.2) is 0 Å². The van der Waals surface area contributed by atoms with Crippen LogP contribution in [0.3, 0.4) is 0 Å². The normalized spacial score (nSPS) is 14.0. The maximum atomic E-state index is 14.2. The lowest BCUT2D eigenvalue weighted by Gasteiger charge is -2.30. The Morgan fingerprint density at radius 2 is 1.28 bits per heavy atom. The van der Waals surface area contributed by atoms with Crippen molar-refractivity contribution < 1.29 is 29.0 Å². The van der Waals surface area contributed by atoms with Crippen molar-refractivity contribution in [3.05, 3.63) is 119 Å². The lowest BCUT2D eigenvalue weighted by atomic mass is 9.92. The fourth-order valence-electron chi connectivity index (χ4n) is 6.26. The second-order valence-corrected chi connectivity index (χ2v) is 16.2. The Morgan fingerprint density at radius 1 is 0.667 bits per heavy atom. The monoisotopic (exact) mass is 736 g/mol. The Labute approximate surface area is 319 Å². The molecule has 0 saturated carbocycles. The Hall–Kier alpha value is -5.22. The molecular weight excluding hydrogens is 681 g/mol. The molecule has 0 radical (unpaired) electrons. The van der Waals surface area contributed by atoms with Gasteiger partial charge in [0, 0.05) is 23.9 Å². The van der Waals surface area contributed by atoms with E-state index < -0.39 is 53.3 Å². The van der Waals surface area contributed by atoms with Crippen LogP contribution in [0.1, 0.15) is 82.4 Å². The lowest BCUT2D eigenvalue weighted by molar-refractivity contribution is -0.131. The Kier molecular flexibility index (Phi) is 14.0. The first-order valence-electron chi connectivity index (χ1n) is 18.6. The molecule has 0 unspecified atom stereocenters. The Balaban J connectivity index is 1.59. The number of nitrogens with one attached hydrogen (secondary N) is 4. The summed E-state index contributed by atoms with van der Waals surface area (Å²) in [5.41, 5.74) is 1.56. The number of benzene rings is 4. The molecule has 0 fully saturated rings. The minimum Gasteiger partial charge on any atom is -0.444 e. The number of carbonyl (C=O) groups is 4. The maximum Gasteiger partial charge on any atom is 0.408 e. The molecule has 0 saturated heterocycles. The second-order valence-electron chi connectivity index (χ2n) is 16.2. The third-order valence-electron chi connectivity index (χ3n) is 8.83. The minimum atomic E-state index is -1.09. The van der Waals surface area contributed by atoms with E-state index in [2.05, 4.69) is 21.3 Å². The molecular formula is C44H56N4O6. The molecule has 4 atom stereocenters. The van der Waals surface area contributed by atoms with Gasteiger partial charge < -0.3 is 31.1 Å². The van der Waals surface area contributed by atoms with E-state index in [0.29, 0.717) is 17.5 Å². The smallest absolute Gasteiger partial charge is 0.408 e. The summed E-state index contributed by atoms with van der Waals surface area (Å²) in [6.07, 6.45) is -1.30. The average Bonchev–Trinajstić information content (AvgIpc) is 3.09. The molecule has 4 aromatic carbocycles. The highest BCUT2D eigenvalue weighted by atomic mass is 16.6. The fourth-order valence-corrected chi connectivity index (χ4v) is 6.26. The predicted octanol–water partition coefficient (Wildman–Crippen LogP) is 6.28. The van der Waals surface area contributed by atoms with E-state index in [4.69, 9.17) is 4.74 Å². The van der Waals surface area contributed by atoms with E-state index in [9.17, 15) is 24.3 Å². The van der Waals surface area contributed by atoms with Crippen molar-refractivity contribution in [2.24, 2.45) is 5.92 Å². The van der Waals surface area contributed by atoms with Crippen LogP contribution < -0.4 is 21.3 Å². The molecule has 0 aliphatic heterocycles. The molecule has 288 valence electrons. The van der Waals surface area contributed by atoms with Gasteiger partial charge in [0.2, 0.25) is 11.8 Å². The summed E-state index contributed by atoms with van der Waals surface area (Å²) < 4.78 is 5.51. The third kappa shape index (κ3) is 12.4. The van der Waals surface area contributed by atoms with Gasteiger partial charge in [0.1, 0.15) is 17.7 Å². The van der Waals surface area contributed by atoms with Gasteiger partial charge in [-0.15, -0.1) is 0 Å². The zero-order chi connectivity index (χ0) is 39.6. The van der Waals surface area contributed by atoms with Crippen molar-refractivity contribution >= 4 is 34.6 Å². The molecule has 10 heteroatoms. The Bertz CT molecular complexity index is 1890. The van der Waals surface area contributed by atoms with E-state index in [-0.39, 0.29) is 24.7 Å². The number of rotatable bonds is 14. The number of alkyl carbamates (subject to hydrolysis) is 1. The summed E-state index contributed by atoms with van der Waals surface area (Å²) in [6, 6.07) is 27.3. The molecule has 0 heterocycles. The van der Waals surface area contributed by atoms with Gasteiger partial charge in [-0.1, -0.05) is 105 Å². The predicted molar refractivity (Wildman–Crippen MR) is 213 cm³/mol. The zero-order valence-corrected chi connectivity index (χ0v) is 32.7. The van der Waals surface area contributed by atoms with Crippen molar-refractivity contribution in [2.45, 2.75) is 110 Å². The van der Waals surface area contributed by atoms with E-state index in [0.717, 1.165) is 21.9 Å². The largest absolute Gasteiger partial charge is 0.444 e. The fraction of sp³-hybridized carbons (Fsp3) is 0.409. The number of amides is 4. The van der Waals surface area contributed by atoms with Gasteiger partial charge >= 0.3 is 6.09 Å². The molecule has 10 nitrogen and oxygen atoms in total. The number of aliphatic hydroxyl groups excluding tert-OH is 1. The van der Waals surface area contributed by atoms with Crippen LogP contribution in [0.15, 0.2) is 97.1 Å². The summed E-state index contributed by atoms with van der Waals surface area (Å²) >= 11 is 0. The van der Waals surface area contributed by atoms with Crippen LogP contribution >= 0.6 is 0 Å². The van der Waals surface area contributed by atoms with Crippen molar-refractivity contribution in [1.29, 1.82) is 0 Å². The average molecular weight is 737 g/mol. The van der Waals surface area contributed by atoms with Crippen LogP contribution in [0, 0.1) is 5.92 Å². The van der Waals surface area contributed by atoms with E-state index in [1.807, 2.05) is 113 Å². The highest BCUT2D eigenvalue weighted by Crippen LogP contribution is 2.21. The molecule has 0 aliphatic carbocycles. The van der Waals surface area contributed by atoms with Crippen molar-refractivity contribution in [3.8, 4) is 0 Å². The maximum absolute atomic E-state index is 14.2. The number of aliphatic hydroxyl groups is 1. The van der Waals surface area contributed by atoms with E-state index in [1.165, 1.54) is 0 Å². The van der Waals surface area contributed by atoms with Gasteiger partial charge in [0.05, 0.1) is 12.1 Å². The molecule has 5 N–H and O–H groups in total. The van der Waals surface area contributed by atoms with Crippen LogP contribution in [-0.4, -0.2) is 64.3 Å². The van der Waals surface area contributed by atoms with E-state index >= 15 is 0 Å². The third-order valence-corrected chi connectivity index (χ3v) is 8.83. The van der Waals surface area contributed by atoms with Gasteiger partial charge in [-0.3, -0.25) is 14.4 Å². The summed E-state index contributed by atoms with van der Waals surface area (Å²) in [5, 5.41) is 25.3. The SMILES string of the molecule is CC(C)[C@H](NC(=O)[C@H](Cc1cccc2ccccc12)NC(=O)OC(C)(C)C)C(=O)N[C@@H](Cc1ccccc1)[C@H](O)Cc1ccccc1C(=O)NC(C)(C)C. The van der Waals surface area contributed by atoms with Crippen molar-refractivity contribution in [2.75, 3.05) is 0 Å². The molecule has 4 aromatic rings. The van der Waals surface area contributed by atoms with Crippen LogP contribution in [0.4, 0.5) is 4.79 Å². The molecule has 54 heavy (non-hydrogen) atoms. The minimum absolute atomic E-state index is 0.0944. The molecule has 0 aromatic heterocycles. The van der Waals surface area contributed by atoms with Gasteiger partial charge in [0.25, 0.3) is 5.91 Å². The van der Waals surface area contributed by atoms with Crippen molar-refractivity contribution in [3.63, 3.8) is 0 Å². The number of carbonyl (C=O) groups excluding carboxylic acids is 4. The Morgan fingerprint density at radius 3 is 1.94 bits per heavy atom. The molecule has 0 bridgehead atoms. The number of fused-ring (bicyclic) bond motifs is 1. The highest BCUT2D eigenvalue weighted by molar-refractivity contribution is 5.96. The van der Waals surface area contributed by atoms with Gasteiger partial charge in [-0.2, -0.15) is 0 Å². The summed E-state index contributed by atoms with van der Waals surface area (Å²) in [4.78, 5) is 54.5. The number of hydrogen-bond acceptors (Lipinski definition) is 6. The first-order chi connectivity index (χ1) is 25.4. The van der Waals surface area contributed by atoms with Gasteiger partial charge in [-0.05, 0) is 87.4 Å². The molecule has 4 amide bonds. The molecule has 0 spiro atoms. The van der Waals surface area contributed by atoms with Crippen molar-refractivity contribution in [1.82, 2.24) is 21.3 Å².